The minimum absolute atomic E-state index is 0.892. The number of halogens is 2. The first-order valence-corrected chi connectivity index (χ1v) is 1.06. The lowest BCUT2D eigenvalue weighted by atomic mass is 10.8. The van der Waals surface area contributed by atoms with Crippen molar-refractivity contribution in [2.45, 2.75) is 0 Å². The van der Waals surface area contributed by atoms with Crippen LogP contribution in [0.25, 0.3) is 0 Å². The van der Waals surface area contributed by atoms with Crippen molar-refractivity contribution >= 4 is 0 Å². The van der Waals surface area contributed by atoms with Crippen molar-refractivity contribution in [2.75, 3.05) is 6.67 Å². The van der Waals surface area contributed by atoms with Gasteiger partial charge in [0.05, 0.1) is 0 Å². The highest BCUT2D eigenvalue weighted by molar-refractivity contribution is 4.88. The van der Waals surface area contributed by atoms with Crippen molar-refractivity contribution in [1.82, 2.24) is 0 Å². The van der Waals surface area contributed by atoms with E-state index in [2.05, 4.69) is 0 Å². The van der Waals surface area contributed by atoms with Gasteiger partial charge in [0, 0.05) is 0 Å². The lowest BCUT2D eigenvalue weighted by Gasteiger charge is -1.52. The minimum Gasteiger partial charge on any atom is -0.237 e. The Morgan fingerprint density at radius 3 is 2.20 bits per heavy atom. The first-order valence-electron chi connectivity index (χ1n) is 1.06. The van der Waals surface area contributed by atoms with E-state index in [1.807, 2.05) is 0 Å². The van der Waals surface area contributed by atoms with Crippen LogP contribution in [0.2, 0.25) is 0 Å². The van der Waals surface area contributed by atoms with E-state index in [-0.39, 0.29) is 0 Å². The predicted molar refractivity (Wildman–Crippen MR) is 14.9 cm³/mol. The van der Waals surface area contributed by atoms with Crippen molar-refractivity contribution in [3.8, 4) is 12.1 Å². The van der Waals surface area contributed by atoms with Crippen LogP contribution in [0.4, 0.5) is 8.78 Å². The van der Waals surface area contributed by atoms with Crippen LogP contribution in [-0.4, -0.2) is 6.67 Å². The number of hydrogen-bond acceptors (Lipinski definition) is 0. The van der Waals surface area contributed by atoms with Crippen molar-refractivity contribution in [3.05, 3.63) is 0 Å². The minimum atomic E-state index is -0.892. The molecular formula is C3H2F2. The Morgan fingerprint density at radius 2 is 2.20 bits per heavy atom. The van der Waals surface area contributed by atoms with Gasteiger partial charge in [-0.1, -0.05) is 0 Å². The summed E-state index contributed by atoms with van der Waals surface area (Å²) < 4.78 is 21.0. The van der Waals surface area contributed by atoms with Crippen molar-refractivity contribution in [1.29, 1.82) is 0 Å². The van der Waals surface area contributed by atoms with Crippen LogP contribution in [0.5, 0.6) is 0 Å². The topological polar surface area (TPSA) is 0 Å². The van der Waals surface area contributed by atoms with E-state index in [0.29, 0.717) is 0 Å². The third-order valence-corrected chi connectivity index (χ3v) is 0.134. The van der Waals surface area contributed by atoms with Crippen LogP contribution in [0.3, 0.4) is 0 Å². The van der Waals surface area contributed by atoms with E-state index in [1.54, 1.807) is 0 Å². The number of alkyl halides is 1. The molecule has 0 saturated carbocycles. The van der Waals surface area contributed by atoms with Crippen LogP contribution in [0.1, 0.15) is 0 Å². The van der Waals surface area contributed by atoms with Crippen LogP contribution in [0, 0.1) is 12.1 Å². The van der Waals surface area contributed by atoms with Gasteiger partial charge < -0.3 is 0 Å². The molecule has 0 atom stereocenters. The van der Waals surface area contributed by atoms with Gasteiger partial charge >= 0.3 is 0 Å². The molecule has 0 radical (unpaired) electrons. The molecule has 0 nitrogen and oxygen atoms in total. The number of hydrogen-bond donors (Lipinski definition) is 0. The van der Waals surface area contributed by atoms with Crippen LogP contribution >= 0.6 is 0 Å². The Bertz CT molecular complexity index is 57.0. The molecule has 0 amide bonds. The maximum absolute atomic E-state index is 10.6. The van der Waals surface area contributed by atoms with E-state index in [0.717, 1.165) is 6.17 Å². The summed E-state index contributed by atoms with van der Waals surface area (Å²) in [7, 11) is 0. The van der Waals surface area contributed by atoms with E-state index in [1.165, 1.54) is 5.92 Å². The first-order chi connectivity index (χ1) is 2.41. The van der Waals surface area contributed by atoms with Gasteiger partial charge in [-0.05, 0) is 5.92 Å². The maximum Gasteiger partial charge on any atom is 0.153 e. The molecule has 0 heterocycles. The van der Waals surface area contributed by atoms with Crippen LogP contribution in [0.15, 0.2) is 0 Å². The summed E-state index contributed by atoms with van der Waals surface area (Å²) in [4.78, 5) is 0. The average molecular weight is 76.0 g/mol. The SMILES string of the molecule is FC#CCF. The van der Waals surface area contributed by atoms with Gasteiger partial charge in [0.25, 0.3) is 0 Å². The van der Waals surface area contributed by atoms with E-state index < -0.39 is 6.67 Å². The van der Waals surface area contributed by atoms with Gasteiger partial charge in [0.2, 0.25) is 0 Å². The Labute approximate surface area is 28.8 Å². The van der Waals surface area contributed by atoms with E-state index >= 15 is 0 Å². The molecule has 0 aromatic carbocycles. The third-order valence-electron chi connectivity index (χ3n) is 0.134. The second kappa shape index (κ2) is 3.42. The normalized spacial score (nSPS) is 5.20. The highest BCUT2D eigenvalue weighted by Gasteiger charge is 1.55. The van der Waals surface area contributed by atoms with Crippen LogP contribution < -0.4 is 0 Å². The van der Waals surface area contributed by atoms with Gasteiger partial charge in [-0.25, -0.2) is 4.39 Å². The molecule has 0 rings (SSSR count). The summed E-state index contributed by atoms with van der Waals surface area (Å²) >= 11 is 0. The third kappa shape index (κ3) is 3.42. The molecule has 28 valence electrons. The molecule has 0 saturated heterocycles. The molecule has 0 aliphatic heterocycles. The zero-order chi connectivity index (χ0) is 4.12. The van der Waals surface area contributed by atoms with Crippen LogP contribution in [-0.2, 0) is 0 Å². The molecule has 0 aromatic heterocycles. The lowest BCUT2D eigenvalue weighted by molar-refractivity contribution is 0.570. The molecule has 5 heavy (non-hydrogen) atoms. The Morgan fingerprint density at radius 1 is 1.60 bits per heavy atom. The molecule has 0 bridgehead atoms. The standard InChI is InChI=1S/C3H2F2/c4-2-1-3-5/h2H2. The van der Waals surface area contributed by atoms with Crippen molar-refractivity contribution < 1.29 is 8.78 Å². The van der Waals surface area contributed by atoms with Gasteiger partial charge in [-0.15, -0.1) is 4.39 Å². The largest absolute Gasteiger partial charge is 0.237 e. The summed E-state index contributed by atoms with van der Waals surface area (Å²) in [5, 5.41) is 0. The quantitative estimate of drug-likeness (QED) is 0.376. The molecule has 0 fully saturated rings. The summed E-state index contributed by atoms with van der Waals surface area (Å²) in [5.41, 5.74) is 0. The first kappa shape index (κ1) is 4.42. The Kier molecular flexibility index (Phi) is 3.02. The van der Waals surface area contributed by atoms with Crippen molar-refractivity contribution in [2.24, 2.45) is 0 Å². The maximum atomic E-state index is 10.6. The zero-order valence-corrected chi connectivity index (χ0v) is 2.46. The fourth-order valence-electron chi connectivity index (χ4n) is 0.0253. The molecule has 0 N–H and O–H groups in total. The molecule has 0 spiro atoms. The lowest BCUT2D eigenvalue weighted by Crippen LogP contribution is -1.54. The molecule has 0 unspecified atom stereocenters. The highest BCUT2D eigenvalue weighted by Crippen LogP contribution is 1.58. The molecule has 0 aliphatic carbocycles. The van der Waals surface area contributed by atoms with Gasteiger partial charge in [-0.2, -0.15) is 0 Å². The zero-order valence-electron chi connectivity index (χ0n) is 2.46. The second-order valence-electron chi connectivity index (χ2n) is 0.405. The monoisotopic (exact) mass is 76.0 g/mol. The predicted octanol–water partition coefficient (Wildman–Crippen LogP) is 0.886. The average Bonchev–Trinajstić information content (AvgIpc) is 1.41. The summed E-state index contributed by atoms with van der Waals surface area (Å²) in [6, 6.07) is 0. The van der Waals surface area contributed by atoms with Gasteiger partial charge in [0.15, 0.2) is 6.67 Å². The summed E-state index contributed by atoms with van der Waals surface area (Å²) in [6.45, 7) is -0.892. The molecule has 0 aromatic rings. The second-order valence-corrected chi connectivity index (χ2v) is 0.405. The molecule has 0 aliphatic rings. The Hall–Kier alpha value is -0.580. The fourth-order valence-corrected chi connectivity index (χ4v) is 0.0253. The Balaban J connectivity index is 2.81. The highest BCUT2D eigenvalue weighted by atomic mass is 19.1. The molecule has 2 heteroatoms. The van der Waals surface area contributed by atoms with Gasteiger partial charge in [0.1, 0.15) is 6.17 Å². The fraction of sp³-hybridized carbons (Fsp3) is 0.333. The van der Waals surface area contributed by atoms with E-state index in [9.17, 15) is 8.78 Å². The molecular weight excluding hydrogens is 74.0 g/mol. The van der Waals surface area contributed by atoms with E-state index in [4.69, 9.17) is 0 Å². The smallest absolute Gasteiger partial charge is 0.153 e. The summed E-state index contributed by atoms with van der Waals surface area (Å²) in [6.07, 6.45) is 0.892. The van der Waals surface area contributed by atoms with Crippen molar-refractivity contribution in [3.63, 3.8) is 0 Å². The summed E-state index contributed by atoms with van der Waals surface area (Å²) in [5.74, 6) is 1.53. The van der Waals surface area contributed by atoms with Gasteiger partial charge in [-0.3, -0.25) is 0 Å². The number of rotatable bonds is 0.